The summed E-state index contributed by atoms with van der Waals surface area (Å²) in [4.78, 5) is 34.1. The first-order valence-corrected chi connectivity index (χ1v) is 20.7. The number of ether oxygens (including phenoxy) is 2. The molecule has 2 heterocycles. The Labute approximate surface area is 337 Å². The van der Waals surface area contributed by atoms with E-state index in [0.29, 0.717) is 17.0 Å². The van der Waals surface area contributed by atoms with Crippen LogP contribution in [0, 0.1) is 0 Å². The maximum Gasteiger partial charge on any atom is 0.350 e. The smallest absolute Gasteiger partial charge is 0.350 e. The fourth-order valence-corrected chi connectivity index (χ4v) is 8.03. The molecule has 6 aromatic carbocycles. The molecule has 0 saturated heterocycles. The van der Waals surface area contributed by atoms with Crippen LogP contribution in [-0.2, 0) is 31.7 Å². The van der Waals surface area contributed by atoms with Crippen LogP contribution < -0.4 is 5.32 Å². The fraction of sp³-hybridized carbons (Fsp3) is 0.128. The predicted molar refractivity (Wildman–Crippen MR) is 225 cm³/mol. The van der Waals surface area contributed by atoms with Crippen molar-refractivity contribution in [1.29, 1.82) is 0 Å². The van der Waals surface area contributed by atoms with Crippen molar-refractivity contribution >= 4 is 24.6 Å². The summed E-state index contributed by atoms with van der Waals surface area (Å²) in [5.74, 6) is 0.500. The Kier molecular flexibility index (Phi) is 11.4. The second kappa shape index (κ2) is 17.1. The molecule has 2 aromatic heterocycles. The monoisotopic (exact) mass is 787 g/mol. The lowest BCUT2D eigenvalue weighted by atomic mass is 9.77. The van der Waals surface area contributed by atoms with Crippen molar-refractivity contribution in [3.05, 3.63) is 228 Å². The van der Waals surface area contributed by atoms with Gasteiger partial charge in [0.1, 0.15) is 29.3 Å². The third kappa shape index (κ3) is 7.97. The first-order chi connectivity index (χ1) is 28.4. The van der Waals surface area contributed by atoms with E-state index in [2.05, 4.69) is 46.7 Å². The molecule has 0 unspecified atom stereocenters. The average Bonchev–Trinajstić information content (AvgIpc) is 3.70. The van der Waals surface area contributed by atoms with Crippen LogP contribution in [0.15, 0.2) is 195 Å². The molecule has 11 heteroatoms. The number of hydrogen-bond donors (Lipinski definition) is 3. The molecule has 290 valence electrons. The molecule has 1 atom stereocenters. The quantitative estimate of drug-likeness (QED) is 0.0650. The van der Waals surface area contributed by atoms with Crippen LogP contribution >= 0.6 is 7.60 Å². The minimum Gasteiger partial charge on any atom is -0.361 e. The Hall–Kier alpha value is -6.26. The first-order valence-electron chi connectivity index (χ1n) is 18.9. The van der Waals surface area contributed by atoms with Gasteiger partial charge in [-0.2, -0.15) is 0 Å². The van der Waals surface area contributed by atoms with Gasteiger partial charge in [0.25, 0.3) is 0 Å². The highest BCUT2D eigenvalue weighted by molar-refractivity contribution is 7.51. The Morgan fingerprint density at radius 3 is 1.41 bits per heavy atom. The van der Waals surface area contributed by atoms with Crippen LogP contribution in [0.25, 0.3) is 11.2 Å². The normalized spacial score (nSPS) is 12.7. The number of hydrogen-bond acceptors (Lipinski definition) is 7. The van der Waals surface area contributed by atoms with Gasteiger partial charge in [-0.3, -0.25) is 4.57 Å². The summed E-state index contributed by atoms with van der Waals surface area (Å²) >= 11 is 0. The molecule has 0 radical (unpaired) electrons. The van der Waals surface area contributed by atoms with Crippen LogP contribution in [0.4, 0.5) is 5.82 Å². The highest BCUT2D eigenvalue weighted by Crippen LogP contribution is 2.43. The lowest BCUT2D eigenvalue weighted by Crippen LogP contribution is -2.38. The van der Waals surface area contributed by atoms with E-state index >= 15 is 0 Å². The number of aromatic nitrogens is 4. The highest BCUT2D eigenvalue weighted by atomic mass is 31.2. The van der Waals surface area contributed by atoms with Crippen LogP contribution in [-0.4, -0.2) is 48.4 Å². The zero-order valence-corrected chi connectivity index (χ0v) is 32.4. The Morgan fingerprint density at radius 2 is 1.00 bits per heavy atom. The molecule has 0 aliphatic rings. The van der Waals surface area contributed by atoms with Crippen molar-refractivity contribution in [3.8, 4) is 0 Å². The summed E-state index contributed by atoms with van der Waals surface area (Å²) < 4.78 is 27.1. The van der Waals surface area contributed by atoms with E-state index in [1.54, 1.807) is 10.9 Å². The van der Waals surface area contributed by atoms with E-state index in [-0.39, 0.29) is 13.2 Å². The largest absolute Gasteiger partial charge is 0.361 e. The van der Waals surface area contributed by atoms with Crippen molar-refractivity contribution in [3.63, 3.8) is 0 Å². The van der Waals surface area contributed by atoms with Gasteiger partial charge in [0.05, 0.1) is 25.6 Å². The standard InChI is InChI=1S/C47H42N5O5P/c53-58(54,55)35-56-42(32-57-47(39-25-13-4-14-26-39,40-27-15-5-16-28-40)41-29-17-6-18-30-41)31-52-34-50-43-44(48-33-49-45(43)52)51-46(36-19-7-1-8-20-36,37-21-9-2-10-22-37)38-23-11-3-12-24-38/h1-30,33-34,42H,31-32,35H2,(H,48,49,51)(H2,53,54,55)/t42-/m0/s1. The summed E-state index contributed by atoms with van der Waals surface area (Å²) in [7, 11) is -4.55. The van der Waals surface area contributed by atoms with Gasteiger partial charge in [-0.1, -0.05) is 182 Å². The van der Waals surface area contributed by atoms with Gasteiger partial charge < -0.3 is 29.1 Å². The van der Waals surface area contributed by atoms with Gasteiger partial charge in [-0.15, -0.1) is 0 Å². The zero-order valence-electron chi connectivity index (χ0n) is 31.5. The number of benzene rings is 6. The molecular formula is C47H42N5O5P. The maximum absolute atomic E-state index is 12.2. The molecule has 8 rings (SSSR count). The van der Waals surface area contributed by atoms with Crippen molar-refractivity contribution in [2.24, 2.45) is 0 Å². The molecule has 0 spiro atoms. The number of imidazole rings is 1. The van der Waals surface area contributed by atoms with Crippen LogP contribution in [0.1, 0.15) is 33.4 Å². The molecule has 0 fully saturated rings. The van der Waals surface area contributed by atoms with Crippen LogP contribution in [0.3, 0.4) is 0 Å². The molecular weight excluding hydrogens is 746 g/mol. The van der Waals surface area contributed by atoms with Crippen molar-refractivity contribution < 1.29 is 23.8 Å². The Bertz CT molecular complexity index is 2380. The maximum atomic E-state index is 12.2. The first kappa shape index (κ1) is 38.6. The number of anilines is 1. The average molecular weight is 788 g/mol. The minimum absolute atomic E-state index is 0.0479. The molecule has 10 nitrogen and oxygen atoms in total. The number of nitrogens with one attached hydrogen (secondary N) is 1. The lowest BCUT2D eigenvalue weighted by molar-refractivity contribution is -0.0624. The van der Waals surface area contributed by atoms with E-state index in [1.807, 2.05) is 146 Å². The van der Waals surface area contributed by atoms with Gasteiger partial charge >= 0.3 is 7.60 Å². The topological polar surface area (TPSA) is 132 Å². The van der Waals surface area contributed by atoms with Gasteiger partial charge in [0, 0.05) is 0 Å². The highest BCUT2D eigenvalue weighted by Gasteiger charge is 2.40. The van der Waals surface area contributed by atoms with Crippen LogP contribution in [0.5, 0.6) is 0 Å². The molecule has 0 bridgehead atoms. The number of nitrogens with zero attached hydrogens (tertiary/aromatic N) is 4. The van der Waals surface area contributed by atoms with Crippen molar-refractivity contribution in [2.45, 2.75) is 23.8 Å². The molecule has 3 N–H and O–H groups in total. The third-order valence-corrected chi connectivity index (χ3v) is 10.7. The summed E-state index contributed by atoms with van der Waals surface area (Å²) in [6, 6.07) is 60.4. The summed E-state index contributed by atoms with van der Waals surface area (Å²) in [6.07, 6.45) is 1.50. The van der Waals surface area contributed by atoms with Gasteiger partial charge in [0.2, 0.25) is 0 Å². The van der Waals surface area contributed by atoms with Crippen molar-refractivity contribution in [2.75, 3.05) is 18.3 Å². The molecule has 58 heavy (non-hydrogen) atoms. The van der Waals surface area contributed by atoms with Crippen molar-refractivity contribution in [1.82, 2.24) is 19.5 Å². The molecule has 0 saturated carbocycles. The van der Waals surface area contributed by atoms with E-state index in [0.717, 1.165) is 33.4 Å². The number of rotatable bonds is 16. The summed E-state index contributed by atoms with van der Waals surface area (Å²) in [5.41, 5.74) is 4.72. The summed E-state index contributed by atoms with van der Waals surface area (Å²) in [5, 5.41) is 3.81. The second-order valence-electron chi connectivity index (χ2n) is 13.9. The lowest BCUT2D eigenvalue weighted by Gasteiger charge is -2.37. The minimum atomic E-state index is -4.55. The molecule has 0 amide bonds. The molecule has 0 aliphatic carbocycles. The number of fused-ring (bicyclic) bond motifs is 1. The second-order valence-corrected chi connectivity index (χ2v) is 15.5. The third-order valence-electron chi connectivity index (χ3n) is 10.2. The predicted octanol–water partition coefficient (Wildman–Crippen LogP) is 8.76. The van der Waals surface area contributed by atoms with E-state index < -0.39 is 31.2 Å². The van der Waals surface area contributed by atoms with Gasteiger partial charge in [-0.25, -0.2) is 15.0 Å². The van der Waals surface area contributed by atoms with E-state index in [4.69, 9.17) is 19.4 Å². The molecule has 0 aliphatic heterocycles. The van der Waals surface area contributed by atoms with E-state index in [9.17, 15) is 14.4 Å². The summed E-state index contributed by atoms with van der Waals surface area (Å²) in [6.45, 7) is 0.0658. The SMILES string of the molecule is O=P(O)(O)CO[C@H](COC(c1ccccc1)(c1ccccc1)c1ccccc1)Cn1cnc2c(NC(c3ccccc3)(c3ccccc3)c3ccccc3)ncnc21. The van der Waals surface area contributed by atoms with Crippen LogP contribution in [0.2, 0.25) is 0 Å². The van der Waals surface area contributed by atoms with Gasteiger partial charge in [-0.05, 0) is 33.4 Å². The Balaban J connectivity index is 1.19. The Morgan fingerprint density at radius 1 is 0.586 bits per heavy atom. The zero-order chi connectivity index (χ0) is 39.8. The molecule has 8 aromatic rings. The fourth-order valence-electron chi connectivity index (χ4n) is 7.63. The van der Waals surface area contributed by atoms with E-state index in [1.165, 1.54) is 6.33 Å². The van der Waals surface area contributed by atoms with Gasteiger partial charge in [0.15, 0.2) is 11.5 Å².